The van der Waals surface area contributed by atoms with Crippen LogP contribution in [0, 0.1) is 0 Å². The van der Waals surface area contributed by atoms with E-state index in [4.69, 9.17) is 0 Å². The van der Waals surface area contributed by atoms with E-state index in [-0.39, 0.29) is 0 Å². The van der Waals surface area contributed by atoms with Gasteiger partial charge in [-0.25, -0.2) is 14.5 Å². The summed E-state index contributed by atoms with van der Waals surface area (Å²) in [4.78, 5) is 8.41. The van der Waals surface area contributed by atoms with Crippen LogP contribution in [0.3, 0.4) is 0 Å². The van der Waals surface area contributed by atoms with Crippen LogP contribution in [0.25, 0.3) is 5.65 Å². The number of fused-ring (bicyclic) bond motifs is 1. The Bertz CT molecular complexity index is 597. The molecule has 3 aromatic rings. The van der Waals surface area contributed by atoms with E-state index < -0.39 is 0 Å². The summed E-state index contributed by atoms with van der Waals surface area (Å²) in [5.74, 6) is 0.859. The average molecular weight is 228 g/mol. The number of nitrogens with zero attached hydrogens (tertiary/aromatic N) is 5. The Balaban J connectivity index is 1.64. The van der Waals surface area contributed by atoms with Gasteiger partial charge in [0.15, 0.2) is 5.65 Å². The lowest BCUT2D eigenvalue weighted by atomic mass is 10.5. The molecule has 0 aliphatic rings. The van der Waals surface area contributed by atoms with Crippen LogP contribution in [-0.4, -0.2) is 30.7 Å². The zero-order valence-corrected chi connectivity index (χ0v) is 9.19. The van der Waals surface area contributed by atoms with Gasteiger partial charge in [-0.2, -0.15) is 5.10 Å². The Morgan fingerprint density at radius 3 is 3.06 bits per heavy atom. The number of aromatic nitrogens is 5. The van der Waals surface area contributed by atoms with Crippen LogP contribution in [0.2, 0.25) is 0 Å². The number of imidazole rings is 1. The second kappa shape index (κ2) is 4.25. The quantitative estimate of drug-likeness (QED) is 0.724. The Kier molecular flexibility index (Phi) is 2.45. The SMILES string of the molecule is c1cn(CCNc2ccn3nccc3n2)cn1. The maximum Gasteiger partial charge on any atom is 0.157 e. The lowest BCUT2D eigenvalue weighted by Gasteiger charge is -2.06. The van der Waals surface area contributed by atoms with Gasteiger partial charge >= 0.3 is 0 Å². The van der Waals surface area contributed by atoms with Crippen LogP contribution < -0.4 is 5.32 Å². The molecule has 0 bridgehead atoms. The van der Waals surface area contributed by atoms with E-state index in [0.717, 1.165) is 24.6 Å². The second-order valence-electron chi connectivity index (χ2n) is 3.67. The first kappa shape index (κ1) is 9.83. The number of nitrogens with one attached hydrogen (secondary N) is 1. The van der Waals surface area contributed by atoms with Crippen molar-refractivity contribution in [1.29, 1.82) is 0 Å². The summed E-state index contributed by atoms with van der Waals surface area (Å²) in [6, 6.07) is 3.79. The predicted molar refractivity (Wildman–Crippen MR) is 63.7 cm³/mol. The van der Waals surface area contributed by atoms with E-state index >= 15 is 0 Å². The summed E-state index contributed by atoms with van der Waals surface area (Å²) >= 11 is 0. The normalized spacial score (nSPS) is 10.8. The Morgan fingerprint density at radius 1 is 1.18 bits per heavy atom. The first-order valence-corrected chi connectivity index (χ1v) is 5.42. The maximum absolute atomic E-state index is 4.42. The van der Waals surface area contributed by atoms with Gasteiger partial charge in [-0.15, -0.1) is 0 Å². The second-order valence-corrected chi connectivity index (χ2v) is 3.67. The zero-order chi connectivity index (χ0) is 11.5. The molecule has 0 radical (unpaired) electrons. The Hall–Kier alpha value is -2.37. The van der Waals surface area contributed by atoms with Crippen molar-refractivity contribution in [3.63, 3.8) is 0 Å². The van der Waals surface area contributed by atoms with Gasteiger partial charge < -0.3 is 9.88 Å². The van der Waals surface area contributed by atoms with Crippen molar-refractivity contribution in [2.24, 2.45) is 0 Å². The predicted octanol–water partition coefficient (Wildman–Crippen LogP) is 1.04. The van der Waals surface area contributed by atoms with Gasteiger partial charge in [-0.05, 0) is 6.07 Å². The van der Waals surface area contributed by atoms with Gasteiger partial charge in [-0.1, -0.05) is 0 Å². The first-order chi connectivity index (χ1) is 8.42. The van der Waals surface area contributed by atoms with Gasteiger partial charge in [0.25, 0.3) is 0 Å². The lowest BCUT2D eigenvalue weighted by molar-refractivity contribution is 0.725. The summed E-state index contributed by atoms with van der Waals surface area (Å²) in [6.45, 7) is 1.68. The summed E-state index contributed by atoms with van der Waals surface area (Å²) in [5.41, 5.74) is 0.845. The van der Waals surface area contributed by atoms with Crippen molar-refractivity contribution in [3.05, 3.63) is 43.2 Å². The number of anilines is 1. The van der Waals surface area contributed by atoms with Crippen LogP contribution in [0.4, 0.5) is 5.82 Å². The molecule has 0 amide bonds. The van der Waals surface area contributed by atoms with Crippen LogP contribution >= 0.6 is 0 Å². The summed E-state index contributed by atoms with van der Waals surface area (Å²) in [6.07, 6.45) is 9.14. The highest BCUT2D eigenvalue weighted by atomic mass is 15.2. The molecule has 0 aromatic carbocycles. The lowest BCUT2D eigenvalue weighted by Crippen LogP contribution is -2.10. The molecule has 17 heavy (non-hydrogen) atoms. The fourth-order valence-corrected chi connectivity index (χ4v) is 1.64. The molecular weight excluding hydrogens is 216 g/mol. The molecule has 3 aromatic heterocycles. The molecule has 0 fully saturated rings. The Labute approximate surface area is 97.9 Å². The Morgan fingerprint density at radius 2 is 2.18 bits per heavy atom. The highest BCUT2D eigenvalue weighted by Gasteiger charge is 1.97. The molecule has 0 atom stereocenters. The van der Waals surface area contributed by atoms with E-state index in [1.807, 2.05) is 29.1 Å². The van der Waals surface area contributed by atoms with E-state index in [9.17, 15) is 0 Å². The molecule has 0 aliphatic heterocycles. The van der Waals surface area contributed by atoms with Crippen molar-refractivity contribution in [2.45, 2.75) is 6.54 Å². The summed E-state index contributed by atoms with van der Waals surface area (Å²) in [5, 5.41) is 7.36. The van der Waals surface area contributed by atoms with E-state index in [2.05, 4.69) is 20.4 Å². The minimum Gasteiger partial charge on any atom is -0.368 e. The molecule has 0 saturated carbocycles. The standard InChI is InChI=1S/C11H12N6/c1-3-14-17-6-2-10(15-11(1)17)13-5-8-16-7-4-12-9-16/h1-4,6-7,9H,5,8H2,(H,13,15). The molecule has 0 aliphatic carbocycles. The molecular formula is C11H12N6. The summed E-state index contributed by atoms with van der Waals surface area (Å²) < 4.78 is 3.76. The molecule has 3 rings (SSSR count). The van der Waals surface area contributed by atoms with Gasteiger partial charge in [0.05, 0.1) is 12.5 Å². The van der Waals surface area contributed by atoms with E-state index in [1.54, 1.807) is 23.2 Å². The fraction of sp³-hybridized carbons (Fsp3) is 0.182. The van der Waals surface area contributed by atoms with Crippen molar-refractivity contribution in [3.8, 4) is 0 Å². The minimum absolute atomic E-state index is 0.813. The van der Waals surface area contributed by atoms with Crippen LogP contribution in [0.5, 0.6) is 0 Å². The molecule has 3 heterocycles. The maximum atomic E-state index is 4.42. The smallest absolute Gasteiger partial charge is 0.157 e. The molecule has 0 saturated heterocycles. The van der Waals surface area contributed by atoms with Crippen LogP contribution in [0.15, 0.2) is 43.2 Å². The molecule has 6 heteroatoms. The van der Waals surface area contributed by atoms with Crippen molar-refractivity contribution < 1.29 is 0 Å². The number of hydrogen-bond donors (Lipinski definition) is 1. The number of rotatable bonds is 4. The minimum atomic E-state index is 0.813. The average Bonchev–Trinajstić information content (AvgIpc) is 2.98. The van der Waals surface area contributed by atoms with Gasteiger partial charge in [-0.3, -0.25) is 0 Å². The molecule has 6 nitrogen and oxygen atoms in total. The highest BCUT2D eigenvalue weighted by Crippen LogP contribution is 2.05. The highest BCUT2D eigenvalue weighted by molar-refractivity contribution is 5.45. The largest absolute Gasteiger partial charge is 0.368 e. The van der Waals surface area contributed by atoms with E-state index in [0.29, 0.717) is 0 Å². The third-order valence-corrected chi connectivity index (χ3v) is 2.49. The van der Waals surface area contributed by atoms with Crippen molar-refractivity contribution in [2.75, 3.05) is 11.9 Å². The van der Waals surface area contributed by atoms with Gasteiger partial charge in [0.1, 0.15) is 5.82 Å². The van der Waals surface area contributed by atoms with Gasteiger partial charge in [0.2, 0.25) is 0 Å². The van der Waals surface area contributed by atoms with Crippen molar-refractivity contribution in [1.82, 2.24) is 24.1 Å². The molecule has 0 unspecified atom stereocenters. The monoisotopic (exact) mass is 228 g/mol. The first-order valence-electron chi connectivity index (χ1n) is 5.42. The third-order valence-electron chi connectivity index (χ3n) is 2.49. The topological polar surface area (TPSA) is 60.0 Å². The van der Waals surface area contributed by atoms with Crippen molar-refractivity contribution >= 4 is 11.5 Å². The van der Waals surface area contributed by atoms with E-state index in [1.165, 1.54) is 0 Å². The molecule has 0 spiro atoms. The summed E-state index contributed by atoms with van der Waals surface area (Å²) in [7, 11) is 0. The van der Waals surface area contributed by atoms with Crippen LogP contribution in [-0.2, 0) is 6.54 Å². The van der Waals surface area contributed by atoms with Crippen LogP contribution in [0.1, 0.15) is 0 Å². The number of hydrogen-bond acceptors (Lipinski definition) is 4. The third kappa shape index (κ3) is 2.10. The fourth-order valence-electron chi connectivity index (χ4n) is 1.64. The molecule has 1 N–H and O–H groups in total. The zero-order valence-electron chi connectivity index (χ0n) is 9.19. The van der Waals surface area contributed by atoms with Gasteiger partial charge in [0, 0.05) is 37.7 Å². The molecule has 86 valence electrons.